The number of benzene rings is 2. The van der Waals surface area contributed by atoms with E-state index in [2.05, 4.69) is 4.98 Å². The van der Waals surface area contributed by atoms with Crippen molar-refractivity contribution >= 4 is 22.7 Å². The smallest absolute Gasteiger partial charge is 0.409 e. The van der Waals surface area contributed by atoms with Gasteiger partial charge in [0, 0.05) is 29.1 Å². The SMILES string of the molecule is O=C(O)Nc1cc(O)cc(F)c1-c1cc(=O)c2ccccc2[nH]1. The number of carboxylic acid groups (broad SMARTS) is 1. The van der Waals surface area contributed by atoms with Gasteiger partial charge in [-0.15, -0.1) is 0 Å². The Morgan fingerprint density at radius 3 is 2.65 bits per heavy atom. The topological polar surface area (TPSA) is 102 Å². The predicted molar refractivity (Wildman–Crippen MR) is 83.3 cm³/mol. The number of phenolic OH excluding ortho intramolecular Hbond substituents is 1. The molecule has 3 rings (SSSR count). The van der Waals surface area contributed by atoms with Crippen molar-refractivity contribution in [3.8, 4) is 17.0 Å². The molecule has 0 unspecified atom stereocenters. The number of aromatic nitrogens is 1. The molecule has 116 valence electrons. The van der Waals surface area contributed by atoms with Crippen LogP contribution in [0.3, 0.4) is 0 Å². The van der Waals surface area contributed by atoms with Gasteiger partial charge in [0.2, 0.25) is 0 Å². The van der Waals surface area contributed by atoms with E-state index in [1.807, 2.05) is 5.32 Å². The van der Waals surface area contributed by atoms with Crippen LogP contribution in [0.15, 0.2) is 47.3 Å². The number of carbonyl (C=O) groups is 1. The predicted octanol–water partition coefficient (Wildman–Crippen LogP) is 3.13. The molecule has 7 heteroatoms. The van der Waals surface area contributed by atoms with Crippen LogP contribution >= 0.6 is 0 Å². The summed E-state index contributed by atoms with van der Waals surface area (Å²) in [7, 11) is 0. The molecule has 6 nitrogen and oxygen atoms in total. The second kappa shape index (κ2) is 5.45. The number of aromatic amines is 1. The molecule has 0 aliphatic rings. The normalized spacial score (nSPS) is 10.7. The Labute approximate surface area is 128 Å². The lowest BCUT2D eigenvalue weighted by atomic mass is 10.1. The molecular formula is C16H11FN2O4. The number of hydrogen-bond acceptors (Lipinski definition) is 3. The Balaban J connectivity index is 2.30. The maximum atomic E-state index is 14.3. The number of anilines is 1. The van der Waals surface area contributed by atoms with E-state index in [0.717, 1.165) is 12.1 Å². The summed E-state index contributed by atoms with van der Waals surface area (Å²) in [5, 5.41) is 20.8. The summed E-state index contributed by atoms with van der Waals surface area (Å²) in [5.74, 6) is -1.29. The molecule has 0 saturated carbocycles. The minimum atomic E-state index is -1.42. The van der Waals surface area contributed by atoms with Crippen LogP contribution in [0.2, 0.25) is 0 Å². The largest absolute Gasteiger partial charge is 0.508 e. The number of phenols is 1. The van der Waals surface area contributed by atoms with Gasteiger partial charge in [-0.05, 0) is 12.1 Å². The highest BCUT2D eigenvalue weighted by molar-refractivity contribution is 5.92. The maximum Gasteiger partial charge on any atom is 0.409 e. The van der Waals surface area contributed by atoms with Gasteiger partial charge in [-0.2, -0.15) is 0 Å². The number of pyridine rings is 1. The number of fused-ring (bicyclic) bond motifs is 1. The van der Waals surface area contributed by atoms with Crippen molar-refractivity contribution < 1.29 is 19.4 Å². The zero-order chi connectivity index (χ0) is 16.6. The van der Waals surface area contributed by atoms with Crippen LogP contribution < -0.4 is 10.7 Å². The number of H-pyrrole nitrogens is 1. The van der Waals surface area contributed by atoms with Crippen molar-refractivity contribution in [1.29, 1.82) is 0 Å². The second-order valence-electron chi connectivity index (χ2n) is 4.87. The number of para-hydroxylation sites is 1. The Morgan fingerprint density at radius 1 is 1.17 bits per heavy atom. The number of amides is 1. The average Bonchev–Trinajstić information content (AvgIpc) is 2.46. The zero-order valence-electron chi connectivity index (χ0n) is 11.6. The van der Waals surface area contributed by atoms with Crippen molar-refractivity contribution in [2.75, 3.05) is 5.32 Å². The van der Waals surface area contributed by atoms with Crippen molar-refractivity contribution in [2.24, 2.45) is 0 Å². The lowest BCUT2D eigenvalue weighted by Gasteiger charge is -2.12. The first-order chi connectivity index (χ1) is 11.0. The molecule has 0 atom stereocenters. The number of aromatic hydroxyl groups is 1. The van der Waals surface area contributed by atoms with Crippen LogP contribution in [-0.2, 0) is 0 Å². The minimum Gasteiger partial charge on any atom is -0.508 e. The molecule has 0 radical (unpaired) electrons. The van der Waals surface area contributed by atoms with E-state index >= 15 is 0 Å². The average molecular weight is 314 g/mol. The van der Waals surface area contributed by atoms with Gasteiger partial charge in [0.15, 0.2) is 5.43 Å². The fourth-order valence-corrected chi connectivity index (χ4v) is 2.41. The summed E-state index contributed by atoms with van der Waals surface area (Å²) in [6.07, 6.45) is -1.42. The Hall–Kier alpha value is -3.35. The van der Waals surface area contributed by atoms with E-state index in [0.29, 0.717) is 10.9 Å². The summed E-state index contributed by atoms with van der Waals surface area (Å²) in [6, 6.07) is 9.80. The van der Waals surface area contributed by atoms with Gasteiger partial charge in [-0.1, -0.05) is 12.1 Å². The van der Waals surface area contributed by atoms with Crippen molar-refractivity contribution in [1.82, 2.24) is 4.98 Å². The molecule has 4 N–H and O–H groups in total. The Morgan fingerprint density at radius 2 is 1.91 bits per heavy atom. The molecular weight excluding hydrogens is 303 g/mol. The number of halogens is 1. The lowest BCUT2D eigenvalue weighted by molar-refractivity contribution is 0.210. The molecule has 2 aromatic carbocycles. The highest BCUT2D eigenvalue weighted by atomic mass is 19.1. The molecule has 23 heavy (non-hydrogen) atoms. The van der Waals surface area contributed by atoms with Crippen LogP contribution in [0.5, 0.6) is 5.75 Å². The van der Waals surface area contributed by atoms with E-state index in [1.54, 1.807) is 24.3 Å². The van der Waals surface area contributed by atoms with Crippen molar-refractivity contribution in [3.63, 3.8) is 0 Å². The van der Waals surface area contributed by atoms with E-state index in [-0.39, 0.29) is 22.4 Å². The third-order valence-electron chi connectivity index (χ3n) is 3.32. The minimum absolute atomic E-state index is 0.106. The molecule has 0 spiro atoms. The monoisotopic (exact) mass is 314 g/mol. The fourth-order valence-electron chi connectivity index (χ4n) is 2.41. The maximum absolute atomic E-state index is 14.3. The van der Waals surface area contributed by atoms with Crippen LogP contribution in [0, 0.1) is 5.82 Å². The molecule has 1 aromatic heterocycles. The van der Waals surface area contributed by atoms with Crippen LogP contribution in [-0.4, -0.2) is 21.3 Å². The zero-order valence-corrected chi connectivity index (χ0v) is 11.6. The molecule has 0 bridgehead atoms. The van der Waals surface area contributed by atoms with Gasteiger partial charge in [0.25, 0.3) is 0 Å². The molecule has 0 aliphatic carbocycles. The first kappa shape index (κ1) is 14.6. The van der Waals surface area contributed by atoms with Crippen LogP contribution in [0.1, 0.15) is 0 Å². The summed E-state index contributed by atoms with van der Waals surface area (Å²) in [5.41, 5.74) is -0.0456. The highest BCUT2D eigenvalue weighted by Gasteiger charge is 2.16. The number of hydrogen-bond donors (Lipinski definition) is 4. The van der Waals surface area contributed by atoms with E-state index < -0.39 is 17.7 Å². The van der Waals surface area contributed by atoms with Crippen LogP contribution in [0.4, 0.5) is 14.9 Å². The quantitative estimate of drug-likeness (QED) is 0.583. The number of nitrogens with one attached hydrogen (secondary N) is 2. The first-order valence-electron chi connectivity index (χ1n) is 6.60. The van der Waals surface area contributed by atoms with Gasteiger partial charge in [0.05, 0.1) is 16.9 Å². The summed E-state index contributed by atoms with van der Waals surface area (Å²) >= 11 is 0. The molecule has 1 heterocycles. The summed E-state index contributed by atoms with van der Waals surface area (Å²) < 4.78 is 14.3. The Kier molecular flexibility index (Phi) is 3.46. The van der Waals surface area contributed by atoms with E-state index in [4.69, 9.17) is 5.11 Å². The standard InChI is InChI=1S/C16H11FN2O4/c17-10-5-8(20)6-12(19-16(22)23)15(10)13-7-14(21)9-3-1-2-4-11(9)18-13/h1-7,19-20H,(H,18,21)(H,22,23). The van der Waals surface area contributed by atoms with E-state index in [9.17, 15) is 19.1 Å². The second-order valence-corrected chi connectivity index (χ2v) is 4.87. The molecule has 3 aromatic rings. The van der Waals surface area contributed by atoms with Gasteiger partial charge >= 0.3 is 6.09 Å². The van der Waals surface area contributed by atoms with Crippen LogP contribution in [0.25, 0.3) is 22.2 Å². The van der Waals surface area contributed by atoms with E-state index in [1.165, 1.54) is 6.07 Å². The number of rotatable bonds is 2. The molecule has 0 saturated heterocycles. The third kappa shape index (κ3) is 2.71. The molecule has 1 amide bonds. The van der Waals surface area contributed by atoms with Gasteiger partial charge in [-0.3, -0.25) is 10.1 Å². The molecule has 0 aliphatic heterocycles. The highest BCUT2D eigenvalue weighted by Crippen LogP contribution is 2.33. The first-order valence-corrected chi connectivity index (χ1v) is 6.60. The lowest BCUT2D eigenvalue weighted by Crippen LogP contribution is -2.10. The summed E-state index contributed by atoms with van der Waals surface area (Å²) in [6.45, 7) is 0. The van der Waals surface area contributed by atoms with Gasteiger partial charge in [-0.25, -0.2) is 9.18 Å². The van der Waals surface area contributed by atoms with Gasteiger partial charge in [0.1, 0.15) is 11.6 Å². The van der Waals surface area contributed by atoms with Crippen molar-refractivity contribution in [2.45, 2.75) is 0 Å². The third-order valence-corrected chi connectivity index (χ3v) is 3.32. The Bertz CT molecular complexity index is 981. The van der Waals surface area contributed by atoms with Crippen molar-refractivity contribution in [3.05, 3.63) is 58.5 Å². The summed E-state index contributed by atoms with van der Waals surface area (Å²) in [4.78, 5) is 25.9. The fraction of sp³-hybridized carbons (Fsp3) is 0. The van der Waals surface area contributed by atoms with Gasteiger partial charge < -0.3 is 15.2 Å². The molecule has 0 fully saturated rings.